The molecule has 0 saturated heterocycles. The fourth-order valence-corrected chi connectivity index (χ4v) is 4.25. The Kier molecular flexibility index (Phi) is 7.18. The first-order valence-corrected chi connectivity index (χ1v) is 12.1. The molecule has 0 atom stereocenters. The van der Waals surface area contributed by atoms with E-state index in [1.165, 1.54) is 25.2 Å². The maximum atomic E-state index is 13.2. The smallest absolute Gasteiger partial charge is 0.232 e. The second-order valence-electron chi connectivity index (χ2n) is 7.83. The molecule has 0 fully saturated rings. The third-order valence-electron chi connectivity index (χ3n) is 5.59. The lowest BCUT2D eigenvalue weighted by Crippen LogP contribution is -2.28. The van der Waals surface area contributed by atoms with Gasteiger partial charge in [-0.25, -0.2) is 8.42 Å². The molecule has 4 aromatic rings. The zero-order valence-corrected chi connectivity index (χ0v) is 20.3. The molecule has 0 bridgehead atoms. The van der Waals surface area contributed by atoms with Gasteiger partial charge in [0.1, 0.15) is 5.75 Å². The molecule has 0 aliphatic heterocycles. The summed E-state index contributed by atoms with van der Waals surface area (Å²) in [5.41, 5.74) is 3.07. The number of benzene rings is 3. The molecule has 8 nitrogen and oxygen atoms in total. The molecule has 0 unspecified atom stereocenters. The van der Waals surface area contributed by atoms with Crippen LogP contribution < -0.4 is 9.92 Å². The van der Waals surface area contributed by atoms with Crippen molar-refractivity contribution < 1.29 is 18.3 Å². The number of sulfonamides is 1. The Bertz CT molecular complexity index is 1510. The molecule has 0 spiro atoms. The first-order valence-electron chi connectivity index (χ1n) is 10.2. The zero-order chi connectivity index (χ0) is 23.8. The first-order chi connectivity index (χ1) is 15.7. The number of fused-ring (bicyclic) bond motifs is 1. The number of phenolic OH excluding ortho intramolecular Hbond substituents is 1. The van der Waals surface area contributed by atoms with Crippen molar-refractivity contribution in [2.45, 2.75) is 13.1 Å². The number of Topliss-reactive ketones (excluding diaryl/α,β-unsaturated/α-hetero) is 1. The van der Waals surface area contributed by atoms with Gasteiger partial charge >= 0.3 is 0 Å². The summed E-state index contributed by atoms with van der Waals surface area (Å²) in [7, 11) is -2.31. The van der Waals surface area contributed by atoms with Gasteiger partial charge in [-0.2, -0.15) is 0 Å². The number of carbonyl (C=O) groups excluding carboxylic acids is 1. The molecule has 1 aromatic heterocycles. The minimum atomic E-state index is -3.62. The predicted octanol–water partition coefficient (Wildman–Crippen LogP) is 3.38. The van der Waals surface area contributed by atoms with Gasteiger partial charge in [-0.1, -0.05) is 42.5 Å². The Morgan fingerprint density at radius 1 is 0.971 bits per heavy atom. The predicted molar refractivity (Wildman–Crippen MR) is 134 cm³/mol. The summed E-state index contributed by atoms with van der Waals surface area (Å²) < 4.78 is 28.2. The van der Waals surface area contributed by atoms with Gasteiger partial charge in [0.25, 0.3) is 0 Å². The molecule has 4 rings (SSSR count). The fraction of sp³-hybridized carbons (Fsp3) is 0.167. The van der Waals surface area contributed by atoms with Crippen LogP contribution in [0.25, 0.3) is 11.0 Å². The average molecular weight is 501 g/mol. The minimum absolute atomic E-state index is 0. The third-order valence-corrected chi connectivity index (χ3v) is 6.79. The summed E-state index contributed by atoms with van der Waals surface area (Å²) in [6, 6.07) is 21.4. The van der Waals surface area contributed by atoms with E-state index in [2.05, 4.69) is 0 Å². The first kappa shape index (κ1) is 25.1. The fourth-order valence-electron chi connectivity index (χ4n) is 3.74. The van der Waals surface area contributed by atoms with E-state index in [1.54, 1.807) is 4.57 Å². The number of aromatic nitrogens is 2. The van der Waals surface area contributed by atoms with E-state index < -0.39 is 10.0 Å². The van der Waals surface area contributed by atoms with Crippen LogP contribution in [0.2, 0.25) is 0 Å². The molecule has 2 N–H and O–H groups in total. The van der Waals surface area contributed by atoms with Crippen molar-refractivity contribution in [1.29, 1.82) is 5.41 Å². The van der Waals surface area contributed by atoms with Gasteiger partial charge in [0, 0.05) is 12.6 Å². The van der Waals surface area contributed by atoms with Crippen LogP contribution in [-0.4, -0.2) is 41.7 Å². The van der Waals surface area contributed by atoms with Gasteiger partial charge in [0.2, 0.25) is 15.6 Å². The number of carbonyl (C=O) groups is 1. The second-order valence-corrected chi connectivity index (χ2v) is 9.84. The highest BCUT2D eigenvalue weighted by molar-refractivity contribution is 7.92. The largest absolute Gasteiger partial charge is 0.506 e. The number of nitrogens with zero attached hydrogens (tertiary/aromatic N) is 3. The SMILES string of the molecule is CN(c1cc(C(=O)Cn2c(=N)n(Cc3ccccc3)c3ccccc32)ccc1O)S(C)(=O)=O.Cl. The van der Waals surface area contributed by atoms with Crippen molar-refractivity contribution in [2.24, 2.45) is 0 Å². The van der Waals surface area contributed by atoms with Gasteiger partial charge < -0.3 is 14.2 Å². The average Bonchev–Trinajstić information content (AvgIpc) is 3.05. The zero-order valence-electron chi connectivity index (χ0n) is 18.7. The maximum absolute atomic E-state index is 13.2. The minimum Gasteiger partial charge on any atom is -0.506 e. The molecule has 0 aliphatic rings. The van der Waals surface area contributed by atoms with Crippen LogP contribution in [0.15, 0.2) is 72.8 Å². The molecular weight excluding hydrogens is 476 g/mol. The molecule has 0 radical (unpaired) electrons. The second kappa shape index (κ2) is 9.74. The monoisotopic (exact) mass is 500 g/mol. The Hall–Kier alpha value is -3.56. The van der Waals surface area contributed by atoms with Crippen LogP contribution in [0.4, 0.5) is 5.69 Å². The molecule has 0 aliphatic carbocycles. The standard InChI is InChI=1S/C24H24N4O4S.ClH/c1-26(33(2,31)32)21-14-18(12-13-22(21)29)23(30)16-28-20-11-7-6-10-19(20)27(24(28)25)15-17-8-4-3-5-9-17;/h3-14,25,29H,15-16H2,1-2H3;1H. The Morgan fingerprint density at radius 2 is 1.56 bits per heavy atom. The quantitative estimate of drug-likeness (QED) is 0.379. The van der Waals surface area contributed by atoms with Crippen LogP contribution in [-0.2, 0) is 23.1 Å². The lowest BCUT2D eigenvalue weighted by atomic mass is 10.1. The van der Waals surface area contributed by atoms with E-state index in [-0.39, 0.29) is 47.4 Å². The number of halogens is 1. The number of anilines is 1. The van der Waals surface area contributed by atoms with Gasteiger partial charge in [-0.15, -0.1) is 12.4 Å². The van der Waals surface area contributed by atoms with Crippen LogP contribution in [0.3, 0.4) is 0 Å². The Balaban J connectivity index is 0.00000324. The number of para-hydroxylation sites is 2. The number of rotatable bonds is 7. The molecule has 10 heteroatoms. The number of imidazole rings is 1. The Labute approximate surface area is 203 Å². The highest BCUT2D eigenvalue weighted by Crippen LogP contribution is 2.29. The lowest BCUT2D eigenvalue weighted by Gasteiger charge is -2.18. The highest BCUT2D eigenvalue weighted by Gasteiger charge is 2.20. The maximum Gasteiger partial charge on any atom is 0.232 e. The van der Waals surface area contributed by atoms with Gasteiger partial charge in [0.05, 0.1) is 36.1 Å². The number of phenols is 1. The summed E-state index contributed by atoms with van der Waals surface area (Å²) in [5, 5.41) is 18.9. The summed E-state index contributed by atoms with van der Waals surface area (Å²) in [5.74, 6) is -0.549. The highest BCUT2D eigenvalue weighted by atomic mass is 35.5. The molecule has 3 aromatic carbocycles. The molecular formula is C24H25ClN4O4S. The molecule has 0 amide bonds. The lowest BCUT2D eigenvalue weighted by molar-refractivity contribution is 0.0971. The summed E-state index contributed by atoms with van der Waals surface area (Å²) in [6.07, 6.45) is 1.02. The molecule has 1 heterocycles. The van der Waals surface area contributed by atoms with Crippen LogP contribution in [0.5, 0.6) is 5.75 Å². The van der Waals surface area contributed by atoms with Gasteiger partial charge in [0.15, 0.2) is 5.78 Å². The number of ketones is 1. The molecule has 34 heavy (non-hydrogen) atoms. The Morgan fingerprint density at radius 3 is 2.18 bits per heavy atom. The molecule has 178 valence electrons. The van der Waals surface area contributed by atoms with Crippen molar-refractivity contribution in [3.8, 4) is 5.75 Å². The number of nitrogens with one attached hydrogen (secondary N) is 1. The van der Waals surface area contributed by atoms with E-state index in [9.17, 15) is 18.3 Å². The van der Waals surface area contributed by atoms with Gasteiger partial charge in [-0.3, -0.25) is 14.5 Å². The van der Waals surface area contributed by atoms with E-state index in [4.69, 9.17) is 5.41 Å². The van der Waals surface area contributed by atoms with Crippen LogP contribution >= 0.6 is 12.4 Å². The van der Waals surface area contributed by atoms with E-state index in [0.29, 0.717) is 6.54 Å². The van der Waals surface area contributed by atoms with Crippen LogP contribution in [0.1, 0.15) is 15.9 Å². The number of hydrogen-bond acceptors (Lipinski definition) is 5. The summed E-state index contributed by atoms with van der Waals surface area (Å²) in [4.78, 5) is 13.2. The van der Waals surface area contributed by atoms with Crippen LogP contribution in [0, 0.1) is 5.41 Å². The van der Waals surface area contributed by atoms with Gasteiger partial charge in [-0.05, 0) is 35.9 Å². The van der Waals surface area contributed by atoms with Crippen molar-refractivity contribution >= 4 is 44.9 Å². The van der Waals surface area contributed by atoms with Crippen molar-refractivity contribution in [3.63, 3.8) is 0 Å². The summed E-state index contributed by atoms with van der Waals surface area (Å²) >= 11 is 0. The third kappa shape index (κ3) is 4.85. The van der Waals surface area contributed by atoms with E-state index in [0.717, 1.165) is 27.2 Å². The van der Waals surface area contributed by atoms with Crippen molar-refractivity contribution in [1.82, 2.24) is 9.13 Å². The molecule has 0 saturated carbocycles. The van der Waals surface area contributed by atoms with Crippen molar-refractivity contribution in [2.75, 3.05) is 17.6 Å². The topological polar surface area (TPSA) is 108 Å². The summed E-state index contributed by atoms with van der Waals surface area (Å²) in [6.45, 7) is 0.387. The van der Waals surface area contributed by atoms with Crippen molar-refractivity contribution in [3.05, 3.63) is 89.5 Å². The normalized spacial score (nSPS) is 11.2. The number of hydrogen-bond donors (Lipinski definition) is 2. The number of aromatic hydroxyl groups is 1. The van der Waals surface area contributed by atoms with E-state index in [1.807, 2.05) is 59.2 Å². The van der Waals surface area contributed by atoms with E-state index >= 15 is 0 Å².